The Morgan fingerprint density at radius 2 is 2.23 bits per heavy atom. The van der Waals surface area contributed by atoms with Gasteiger partial charge in [0, 0.05) is 12.1 Å². The molecule has 1 heterocycles. The van der Waals surface area contributed by atoms with Gasteiger partial charge in [-0.2, -0.15) is 0 Å². The van der Waals surface area contributed by atoms with E-state index in [0.717, 1.165) is 12.8 Å². The monoisotopic (exact) mass is 195 g/mol. The second kappa shape index (κ2) is 3.46. The zero-order valence-corrected chi connectivity index (χ0v) is 7.92. The normalized spacial score (nSPS) is 16.7. The van der Waals surface area contributed by atoms with Crippen LogP contribution in [-0.2, 0) is 0 Å². The van der Waals surface area contributed by atoms with Crippen LogP contribution < -0.4 is 0 Å². The molecular weight excluding hydrogens is 186 g/mol. The summed E-state index contributed by atoms with van der Waals surface area (Å²) in [5.41, 5.74) is 0.550. The van der Waals surface area contributed by atoms with Crippen molar-refractivity contribution < 1.29 is 4.79 Å². The van der Waals surface area contributed by atoms with Gasteiger partial charge < -0.3 is 0 Å². The molecule has 1 fully saturated rings. The highest BCUT2D eigenvalue weighted by Crippen LogP contribution is 2.29. The van der Waals surface area contributed by atoms with E-state index < -0.39 is 0 Å². The molecule has 3 heteroatoms. The minimum absolute atomic E-state index is 0.169. The molecule has 0 atom stereocenters. The second-order valence-corrected chi connectivity index (χ2v) is 3.79. The van der Waals surface area contributed by atoms with Crippen molar-refractivity contribution in [1.29, 1.82) is 0 Å². The van der Waals surface area contributed by atoms with Gasteiger partial charge in [-0.15, -0.1) is 0 Å². The highest BCUT2D eigenvalue weighted by atomic mass is 35.5. The first-order valence-corrected chi connectivity index (χ1v) is 4.81. The number of ketones is 1. The Balaban J connectivity index is 2.15. The van der Waals surface area contributed by atoms with Crippen molar-refractivity contribution in [1.82, 2.24) is 4.98 Å². The summed E-state index contributed by atoms with van der Waals surface area (Å²) >= 11 is 5.67. The predicted octanol–water partition coefficient (Wildman–Crippen LogP) is 2.72. The van der Waals surface area contributed by atoms with Gasteiger partial charge in [-0.1, -0.05) is 18.0 Å². The average molecular weight is 196 g/mol. The van der Waals surface area contributed by atoms with Crippen LogP contribution in [0.5, 0.6) is 0 Å². The molecule has 68 valence electrons. The Bertz CT molecular complexity index is 316. The summed E-state index contributed by atoms with van der Waals surface area (Å²) < 4.78 is 0. The van der Waals surface area contributed by atoms with Gasteiger partial charge in [0.25, 0.3) is 0 Å². The molecule has 1 aliphatic rings. The van der Waals surface area contributed by atoms with Crippen molar-refractivity contribution >= 4 is 17.4 Å². The quantitative estimate of drug-likeness (QED) is 0.680. The van der Waals surface area contributed by atoms with E-state index in [0.29, 0.717) is 10.7 Å². The van der Waals surface area contributed by atoms with Crippen molar-refractivity contribution in [2.24, 2.45) is 5.92 Å². The lowest BCUT2D eigenvalue weighted by atomic mass is 9.81. The van der Waals surface area contributed by atoms with Gasteiger partial charge in [-0.05, 0) is 25.0 Å². The highest BCUT2D eigenvalue weighted by Gasteiger charge is 2.26. The summed E-state index contributed by atoms with van der Waals surface area (Å²) in [6, 6.07) is 3.41. The summed E-state index contributed by atoms with van der Waals surface area (Å²) in [7, 11) is 0. The molecule has 0 unspecified atom stereocenters. The van der Waals surface area contributed by atoms with E-state index in [-0.39, 0.29) is 11.7 Å². The maximum absolute atomic E-state index is 11.6. The zero-order valence-electron chi connectivity index (χ0n) is 7.16. The maximum atomic E-state index is 11.6. The third kappa shape index (κ3) is 1.73. The van der Waals surface area contributed by atoms with Gasteiger partial charge in [0.1, 0.15) is 5.69 Å². The molecule has 0 amide bonds. The van der Waals surface area contributed by atoms with Crippen molar-refractivity contribution in [3.05, 3.63) is 29.0 Å². The van der Waals surface area contributed by atoms with Gasteiger partial charge in [-0.25, -0.2) is 0 Å². The summed E-state index contributed by atoms with van der Waals surface area (Å²) in [4.78, 5) is 15.6. The lowest BCUT2D eigenvalue weighted by Gasteiger charge is -2.23. The van der Waals surface area contributed by atoms with Crippen molar-refractivity contribution in [3.63, 3.8) is 0 Å². The van der Waals surface area contributed by atoms with Crippen LogP contribution in [0.2, 0.25) is 5.02 Å². The van der Waals surface area contributed by atoms with Crippen molar-refractivity contribution in [3.8, 4) is 0 Å². The van der Waals surface area contributed by atoms with Gasteiger partial charge in [0.15, 0.2) is 5.78 Å². The van der Waals surface area contributed by atoms with E-state index in [1.54, 1.807) is 12.1 Å². The Hall–Kier alpha value is -0.890. The maximum Gasteiger partial charge on any atom is 0.184 e. The largest absolute Gasteiger partial charge is 0.292 e. The molecule has 1 aromatic rings. The van der Waals surface area contributed by atoms with Gasteiger partial charge in [0.2, 0.25) is 0 Å². The van der Waals surface area contributed by atoms with Crippen LogP contribution in [0, 0.1) is 5.92 Å². The number of carbonyl (C=O) groups excluding carboxylic acids is 1. The Morgan fingerprint density at radius 1 is 1.46 bits per heavy atom. The SMILES string of the molecule is O=C(c1ccc(Cl)cn1)C1CCC1. The highest BCUT2D eigenvalue weighted by molar-refractivity contribution is 6.30. The molecule has 2 nitrogen and oxygen atoms in total. The number of carbonyl (C=O) groups is 1. The van der Waals surface area contributed by atoms with Crippen LogP contribution in [0.4, 0.5) is 0 Å². The molecule has 1 aromatic heterocycles. The van der Waals surface area contributed by atoms with Crippen LogP contribution in [0.1, 0.15) is 29.8 Å². The number of nitrogens with zero attached hydrogens (tertiary/aromatic N) is 1. The molecule has 0 N–H and O–H groups in total. The Kier molecular flexibility index (Phi) is 2.32. The van der Waals surface area contributed by atoms with Gasteiger partial charge in [-0.3, -0.25) is 9.78 Å². The molecule has 13 heavy (non-hydrogen) atoms. The molecule has 0 aromatic carbocycles. The summed E-state index contributed by atoms with van der Waals surface area (Å²) in [6.45, 7) is 0. The number of pyridine rings is 1. The Labute approximate surface area is 81.9 Å². The summed E-state index contributed by atoms with van der Waals surface area (Å²) in [5.74, 6) is 0.386. The molecule has 2 rings (SSSR count). The van der Waals surface area contributed by atoms with Crippen molar-refractivity contribution in [2.45, 2.75) is 19.3 Å². The molecule has 0 aliphatic heterocycles. The summed E-state index contributed by atoms with van der Waals surface area (Å²) in [6.07, 6.45) is 4.73. The molecule has 1 saturated carbocycles. The minimum atomic E-state index is 0.169. The molecular formula is C10H10ClNO. The van der Waals surface area contributed by atoms with Crippen LogP contribution in [0.3, 0.4) is 0 Å². The van der Waals surface area contributed by atoms with E-state index >= 15 is 0 Å². The lowest BCUT2D eigenvalue weighted by Crippen LogP contribution is -2.22. The fourth-order valence-electron chi connectivity index (χ4n) is 1.40. The Morgan fingerprint density at radius 3 is 2.69 bits per heavy atom. The number of hydrogen-bond acceptors (Lipinski definition) is 2. The molecule has 0 radical (unpaired) electrons. The number of halogens is 1. The van der Waals surface area contributed by atoms with Crippen LogP contribution >= 0.6 is 11.6 Å². The first-order valence-electron chi connectivity index (χ1n) is 4.43. The van der Waals surface area contributed by atoms with Crippen molar-refractivity contribution in [2.75, 3.05) is 0 Å². The number of hydrogen-bond donors (Lipinski definition) is 0. The van der Waals surface area contributed by atoms with Crippen LogP contribution in [0.15, 0.2) is 18.3 Å². The van der Waals surface area contributed by atoms with Gasteiger partial charge >= 0.3 is 0 Å². The number of Topliss-reactive ketones (excluding diaryl/α,β-unsaturated/α-hetero) is 1. The fraction of sp³-hybridized carbons (Fsp3) is 0.400. The smallest absolute Gasteiger partial charge is 0.184 e. The summed E-state index contributed by atoms with van der Waals surface area (Å²) in [5, 5.41) is 0.574. The van der Waals surface area contributed by atoms with E-state index in [2.05, 4.69) is 4.98 Å². The molecule has 0 spiro atoms. The third-order valence-electron chi connectivity index (χ3n) is 2.46. The first-order chi connectivity index (χ1) is 6.27. The molecule has 0 saturated heterocycles. The standard InChI is InChI=1S/C10H10ClNO/c11-8-4-5-9(12-6-8)10(13)7-2-1-3-7/h4-7H,1-3H2. The van der Waals surface area contributed by atoms with Crippen LogP contribution in [0.25, 0.3) is 0 Å². The van der Waals surface area contributed by atoms with E-state index in [1.807, 2.05) is 0 Å². The van der Waals surface area contributed by atoms with E-state index in [1.165, 1.54) is 12.6 Å². The number of rotatable bonds is 2. The fourth-order valence-corrected chi connectivity index (χ4v) is 1.51. The first kappa shape index (κ1) is 8.70. The topological polar surface area (TPSA) is 30.0 Å². The lowest BCUT2D eigenvalue weighted by molar-refractivity contribution is 0.0850. The zero-order chi connectivity index (χ0) is 9.26. The average Bonchev–Trinajstić information content (AvgIpc) is 2.02. The second-order valence-electron chi connectivity index (χ2n) is 3.35. The number of aromatic nitrogens is 1. The van der Waals surface area contributed by atoms with Crippen LogP contribution in [-0.4, -0.2) is 10.8 Å². The molecule has 0 bridgehead atoms. The molecule has 1 aliphatic carbocycles. The third-order valence-corrected chi connectivity index (χ3v) is 2.68. The van der Waals surface area contributed by atoms with Gasteiger partial charge in [0.05, 0.1) is 5.02 Å². The predicted molar refractivity (Wildman–Crippen MR) is 50.9 cm³/mol. The van der Waals surface area contributed by atoms with E-state index in [9.17, 15) is 4.79 Å². The van der Waals surface area contributed by atoms with E-state index in [4.69, 9.17) is 11.6 Å². The minimum Gasteiger partial charge on any atom is -0.292 e.